The first kappa shape index (κ1) is 23.2. The summed E-state index contributed by atoms with van der Waals surface area (Å²) in [6, 6.07) is 12.7. The maximum absolute atomic E-state index is 13.0. The van der Waals surface area contributed by atoms with Gasteiger partial charge in [0.25, 0.3) is 5.91 Å². The highest BCUT2D eigenvalue weighted by Crippen LogP contribution is 2.30. The number of fused-ring (bicyclic) bond motifs is 1. The molecule has 1 fully saturated rings. The number of aryl methyl sites for hydroxylation is 2. The lowest BCUT2D eigenvalue weighted by atomic mass is 9.90. The Bertz CT molecular complexity index is 1270. The van der Waals surface area contributed by atoms with Gasteiger partial charge in [-0.3, -0.25) is 10.1 Å². The Kier molecular flexibility index (Phi) is 6.81. The van der Waals surface area contributed by atoms with Crippen LogP contribution in [0.5, 0.6) is 0 Å². The molecule has 3 aromatic rings. The number of aromatic nitrogens is 1. The number of carbonyl (C=O) groups excluding carboxylic acids is 1. The van der Waals surface area contributed by atoms with Gasteiger partial charge < -0.3 is 0 Å². The second kappa shape index (κ2) is 9.98. The minimum Gasteiger partial charge on any atom is -0.298 e. The fourth-order valence-corrected chi connectivity index (χ4v) is 6.97. The van der Waals surface area contributed by atoms with Crippen LogP contribution in [0.25, 0.3) is 11.3 Å². The van der Waals surface area contributed by atoms with E-state index in [9.17, 15) is 13.2 Å². The standard InChI is InChI=1S/C26H29N3O3S2/c30-25(20-11-13-23(14-12-20)34(31,32)29-15-5-1-2-6-16-29)28-26-27-24(18-33-26)22-10-9-19-7-3-4-8-21(19)17-22/h9-14,17-18H,1-8,15-16H2,(H,27,28,30). The topological polar surface area (TPSA) is 79.4 Å². The molecule has 6 nitrogen and oxygen atoms in total. The van der Waals surface area contributed by atoms with E-state index in [1.54, 1.807) is 16.4 Å². The molecule has 5 rings (SSSR count). The highest BCUT2D eigenvalue weighted by atomic mass is 32.2. The normalized spacial score (nSPS) is 17.1. The number of benzene rings is 2. The third kappa shape index (κ3) is 4.94. The average molecular weight is 496 g/mol. The SMILES string of the molecule is O=C(Nc1nc(-c2ccc3c(c2)CCCC3)cs1)c1ccc(S(=O)(=O)N2CCCCCC2)cc1. The lowest BCUT2D eigenvalue weighted by Gasteiger charge is -2.20. The third-order valence-electron chi connectivity index (χ3n) is 6.69. The van der Waals surface area contributed by atoms with Gasteiger partial charge in [-0.05, 0) is 80.0 Å². The van der Waals surface area contributed by atoms with Crippen LogP contribution < -0.4 is 5.32 Å². The Morgan fingerprint density at radius 3 is 2.32 bits per heavy atom. The largest absolute Gasteiger partial charge is 0.298 e. The van der Waals surface area contributed by atoms with Crippen molar-refractivity contribution in [2.45, 2.75) is 56.3 Å². The fraction of sp³-hybridized carbons (Fsp3) is 0.385. The van der Waals surface area contributed by atoms with Crippen molar-refractivity contribution in [1.82, 2.24) is 9.29 Å². The molecule has 1 aromatic heterocycles. The summed E-state index contributed by atoms with van der Waals surface area (Å²) in [6.07, 6.45) is 8.65. The Morgan fingerprint density at radius 2 is 1.59 bits per heavy atom. The minimum absolute atomic E-state index is 0.231. The fourth-order valence-electron chi connectivity index (χ4n) is 4.74. The summed E-state index contributed by atoms with van der Waals surface area (Å²) in [7, 11) is -3.53. The number of anilines is 1. The molecule has 2 aromatic carbocycles. The van der Waals surface area contributed by atoms with Crippen LogP contribution in [0.2, 0.25) is 0 Å². The summed E-state index contributed by atoms with van der Waals surface area (Å²) in [6.45, 7) is 1.11. The lowest BCUT2D eigenvalue weighted by molar-refractivity contribution is 0.102. The molecule has 178 valence electrons. The molecular formula is C26H29N3O3S2. The Balaban J connectivity index is 1.27. The van der Waals surface area contributed by atoms with E-state index in [1.165, 1.54) is 47.4 Å². The van der Waals surface area contributed by atoms with E-state index < -0.39 is 10.0 Å². The van der Waals surface area contributed by atoms with E-state index in [1.807, 2.05) is 5.38 Å². The Labute approximate surface area is 205 Å². The van der Waals surface area contributed by atoms with Gasteiger partial charge in [0.05, 0.1) is 10.6 Å². The molecule has 0 unspecified atom stereocenters. The summed E-state index contributed by atoms with van der Waals surface area (Å²) < 4.78 is 27.5. The molecular weight excluding hydrogens is 466 g/mol. The monoisotopic (exact) mass is 495 g/mol. The number of nitrogens with zero attached hydrogens (tertiary/aromatic N) is 2. The van der Waals surface area contributed by atoms with E-state index in [0.29, 0.717) is 23.8 Å². The maximum atomic E-state index is 13.0. The van der Waals surface area contributed by atoms with E-state index in [0.717, 1.165) is 49.8 Å². The molecule has 2 heterocycles. The van der Waals surface area contributed by atoms with Gasteiger partial charge in [-0.25, -0.2) is 13.4 Å². The first-order valence-electron chi connectivity index (χ1n) is 12.0. The lowest BCUT2D eigenvalue weighted by Crippen LogP contribution is -2.31. The molecule has 1 aliphatic heterocycles. The van der Waals surface area contributed by atoms with Gasteiger partial charge in [0.2, 0.25) is 10.0 Å². The number of hydrogen-bond donors (Lipinski definition) is 1. The van der Waals surface area contributed by atoms with Gasteiger partial charge in [0, 0.05) is 29.6 Å². The van der Waals surface area contributed by atoms with Crippen LogP contribution in [0, 0.1) is 0 Å². The highest BCUT2D eigenvalue weighted by Gasteiger charge is 2.25. The van der Waals surface area contributed by atoms with Gasteiger partial charge in [0.1, 0.15) is 0 Å². The molecule has 0 bridgehead atoms. The number of thiazole rings is 1. The number of rotatable bonds is 5. The summed E-state index contributed by atoms with van der Waals surface area (Å²) in [4.78, 5) is 17.6. The van der Waals surface area contributed by atoms with Crippen LogP contribution >= 0.6 is 11.3 Å². The first-order chi connectivity index (χ1) is 16.5. The van der Waals surface area contributed by atoms with Crippen LogP contribution in [-0.4, -0.2) is 36.7 Å². The first-order valence-corrected chi connectivity index (χ1v) is 14.3. The van der Waals surface area contributed by atoms with E-state index >= 15 is 0 Å². The van der Waals surface area contributed by atoms with Crippen molar-refractivity contribution in [2.24, 2.45) is 0 Å². The van der Waals surface area contributed by atoms with Gasteiger partial charge in [-0.2, -0.15) is 4.31 Å². The van der Waals surface area contributed by atoms with Crippen molar-refractivity contribution in [1.29, 1.82) is 0 Å². The van der Waals surface area contributed by atoms with E-state index in [4.69, 9.17) is 0 Å². The predicted molar refractivity (Wildman–Crippen MR) is 136 cm³/mol. The Hall–Kier alpha value is -2.55. The van der Waals surface area contributed by atoms with Crippen molar-refractivity contribution in [3.05, 3.63) is 64.5 Å². The molecule has 8 heteroatoms. The second-order valence-corrected chi connectivity index (χ2v) is 11.8. The number of sulfonamides is 1. The van der Waals surface area contributed by atoms with Crippen molar-refractivity contribution in [3.8, 4) is 11.3 Å². The smallest absolute Gasteiger partial charge is 0.257 e. The van der Waals surface area contributed by atoms with E-state index in [-0.39, 0.29) is 10.8 Å². The van der Waals surface area contributed by atoms with Crippen LogP contribution in [0.3, 0.4) is 0 Å². The van der Waals surface area contributed by atoms with Gasteiger partial charge in [-0.1, -0.05) is 25.0 Å². The molecule has 1 saturated heterocycles. The van der Waals surface area contributed by atoms with E-state index in [2.05, 4.69) is 28.5 Å². The molecule has 0 saturated carbocycles. The minimum atomic E-state index is -3.53. The van der Waals surface area contributed by atoms with Crippen LogP contribution in [-0.2, 0) is 22.9 Å². The molecule has 2 aliphatic rings. The average Bonchev–Trinajstić information content (AvgIpc) is 3.14. The molecule has 34 heavy (non-hydrogen) atoms. The predicted octanol–water partition coefficient (Wildman–Crippen LogP) is 5.51. The number of nitrogens with one attached hydrogen (secondary N) is 1. The van der Waals surface area contributed by atoms with Crippen molar-refractivity contribution >= 4 is 32.4 Å². The summed E-state index contributed by atoms with van der Waals surface area (Å²) in [5.41, 5.74) is 5.16. The number of carbonyl (C=O) groups is 1. The maximum Gasteiger partial charge on any atom is 0.257 e. The molecule has 1 amide bonds. The second-order valence-electron chi connectivity index (χ2n) is 9.03. The summed E-state index contributed by atoms with van der Waals surface area (Å²) in [5.74, 6) is -0.301. The van der Waals surface area contributed by atoms with Crippen molar-refractivity contribution < 1.29 is 13.2 Å². The zero-order valence-corrected chi connectivity index (χ0v) is 20.8. The zero-order valence-electron chi connectivity index (χ0n) is 19.1. The van der Waals surface area contributed by atoms with Crippen molar-refractivity contribution in [3.63, 3.8) is 0 Å². The Morgan fingerprint density at radius 1 is 0.882 bits per heavy atom. The molecule has 0 radical (unpaired) electrons. The number of amides is 1. The third-order valence-corrected chi connectivity index (χ3v) is 9.36. The van der Waals surface area contributed by atoms with Gasteiger partial charge >= 0.3 is 0 Å². The van der Waals surface area contributed by atoms with Gasteiger partial charge in [0.15, 0.2) is 5.13 Å². The molecule has 1 aliphatic carbocycles. The summed E-state index contributed by atoms with van der Waals surface area (Å²) in [5, 5.41) is 5.33. The summed E-state index contributed by atoms with van der Waals surface area (Å²) >= 11 is 1.39. The van der Waals surface area contributed by atoms with Crippen LogP contribution in [0.15, 0.2) is 52.7 Å². The van der Waals surface area contributed by atoms with Crippen molar-refractivity contribution in [2.75, 3.05) is 18.4 Å². The van der Waals surface area contributed by atoms with Crippen LogP contribution in [0.1, 0.15) is 60.0 Å². The molecule has 0 atom stereocenters. The number of hydrogen-bond acceptors (Lipinski definition) is 5. The van der Waals surface area contributed by atoms with Crippen LogP contribution in [0.4, 0.5) is 5.13 Å². The molecule has 0 spiro atoms. The molecule has 1 N–H and O–H groups in total. The zero-order chi connectivity index (χ0) is 23.5. The van der Waals surface area contributed by atoms with Gasteiger partial charge in [-0.15, -0.1) is 11.3 Å². The quantitative estimate of drug-likeness (QED) is 0.506. The highest BCUT2D eigenvalue weighted by molar-refractivity contribution is 7.89.